The van der Waals surface area contributed by atoms with Gasteiger partial charge in [0.05, 0.1) is 20.5 Å². The van der Waals surface area contributed by atoms with Gasteiger partial charge in [0.1, 0.15) is 0 Å². The quantitative estimate of drug-likeness (QED) is 0.378. The molecule has 12 heteroatoms. The van der Waals surface area contributed by atoms with Gasteiger partial charge in [0, 0.05) is 54.3 Å². The van der Waals surface area contributed by atoms with Crippen LogP contribution in [0.1, 0.15) is 0 Å². The summed E-state index contributed by atoms with van der Waals surface area (Å²) in [5.41, 5.74) is 1.25. The molecular weight excluding hydrogens is 483 g/mol. The number of thiazole rings is 1. The van der Waals surface area contributed by atoms with E-state index in [4.69, 9.17) is 23.2 Å². The molecule has 4 rings (SSSR count). The average Bonchev–Trinajstić information content (AvgIpc) is 3.24. The van der Waals surface area contributed by atoms with E-state index in [-0.39, 0.29) is 23.7 Å². The van der Waals surface area contributed by atoms with Crippen LogP contribution in [0.15, 0.2) is 52.7 Å². The predicted octanol–water partition coefficient (Wildman–Crippen LogP) is 4.54. The Bertz CT molecular complexity index is 1240. The van der Waals surface area contributed by atoms with Gasteiger partial charge < -0.3 is 4.90 Å². The second-order valence-corrected chi connectivity index (χ2v) is 10.4. The number of nitro groups is 1. The fraction of sp³-hybridized carbons (Fsp3) is 0.211. The minimum atomic E-state index is -3.82. The Morgan fingerprint density at radius 1 is 1.06 bits per heavy atom. The van der Waals surface area contributed by atoms with Gasteiger partial charge in [-0.15, -0.1) is 11.3 Å². The summed E-state index contributed by atoms with van der Waals surface area (Å²) < 4.78 is 27.2. The molecule has 1 aromatic heterocycles. The lowest BCUT2D eigenvalue weighted by molar-refractivity contribution is -0.385. The number of hydrogen-bond acceptors (Lipinski definition) is 7. The van der Waals surface area contributed by atoms with Crippen molar-refractivity contribution in [2.24, 2.45) is 0 Å². The first-order chi connectivity index (χ1) is 14.8. The molecule has 1 aliphatic heterocycles. The molecule has 162 valence electrons. The number of anilines is 1. The fourth-order valence-electron chi connectivity index (χ4n) is 3.26. The summed E-state index contributed by atoms with van der Waals surface area (Å²) in [4.78, 5) is 16.9. The Morgan fingerprint density at radius 2 is 1.81 bits per heavy atom. The van der Waals surface area contributed by atoms with Crippen LogP contribution in [0.4, 0.5) is 10.8 Å². The predicted molar refractivity (Wildman–Crippen MR) is 122 cm³/mol. The number of piperazine rings is 1. The van der Waals surface area contributed by atoms with Crippen molar-refractivity contribution in [2.45, 2.75) is 4.90 Å². The molecule has 2 aromatic carbocycles. The van der Waals surface area contributed by atoms with E-state index in [1.54, 1.807) is 12.1 Å². The van der Waals surface area contributed by atoms with Crippen molar-refractivity contribution >= 4 is 55.4 Å². The summed E-state index contributed by atoms with van der Waals surface area (Å²) >= 11 is 13.7. The smallest absolute Gasteiger partial charge is 0.270 e. The molecule has 0 amide bonds. The summed E-state index contributed by atoms with van der Waals surface area (Å²) in [6.45, 7) is 1.41. The van der Waals surface area contributed by atoms with Crippen LogP contribution in [-0.2, 0) is 10.0 Å². The minimum absolute atomic E-state index is 0.0796. The first-order valence-corrected chi connectivity index (χ1v) is 12.2. The number of nitrogens with zero attached hydrogens (tertiary/aromatic N) is 4. The van der Waals surface area contributed by atoms with E-state index in [1.165, 1.54) is 33.8 Å². The van der Waals surface area contributed by atoms with Gasteiger partial charge >= 0.3 is 0 Å². The maximum atomic E-state index is 12.9. The molecule has 8 nitrogen and oxygen atoms in total. The van der Waals surface area contributed by atoms with Crippen molar-refractivity contribution in [2.75, 3.05) is 31.1 Å². The van der Waals surface area contributed by atoms with E-state index in [1.807, 2.05) is 16.3 Å². The average molecular weight is 499 g/mol. The van der Waals surface area contributed by atoms with Gasteiger partial charge in [-0.3, -0.25) is 10.1 Å². The molecule has 0 bridgehead atoms. The number of halogens is 2. The minimum Gasteiger partial charge on any atom is -0.345 e. The molecule has 1 aliphatic rings. The van der Waals surface area contributed by atoms with Crippen molar-refractivity contribution in [3.05, 3.63) is 68.0 Å². The highest BCUT2D eigenvalue weighted by Gasteiger charge is 2.30. The van der Waals surface area contributed by atoms with Crippen LogP contribution in [0, 0.1) is 10.1 Å². The maximum absolute atomic E-state index is 12.9. The number of benzene rings is 2. The van der Waals surface area contributed by atoms with E-state index in [9.17, 15) is 18.5 Å². The highest BCUT2D eigenvalue weighted by molar-refractivity contribution is 7.89. The molecule has 0 unspecified atom stereocenters. The van der Waals surface area contributed by atoms with E-state index >= 15 is 0 Å². The molecule has 3 aromatic rings. The second kappa shape index (κ2) is 8.71. The van der Waals surface area contributed by atoms with Gasteiger partial charge in [-0.1, -0.05) is 29.3 Å². The molecule has 2 heterocycles. The lowest BCUT2D eigenvalue weighted by Crippen LogP contribution is -2.48. The molecular formula is C19H16Cl2N4O4S2. The van der Waals surface area contributed by atoms with Crippen molar-refractivity contribution in [1.82, 2.24) is 9.29 Å². The molecule has 0 atom stereocenters. The zero-order chi connectivity index (χ0) is 22.2. The lowest BCUT2D eigenvalue weighted by Gasteiger charge is -2.33. The molecule has 0 aliphatic carbocycles. The molecule has 31 heavy (non-hydrogen) atoms. The lowest BCUT2D eigenvalue weighted by atomic mass is 10.2. The zero-order valence-corrected chi connectivity index (χ0v) is 19.1. The maximum Gasteiger partial charge on any atom is 0.270 e. The van der Waals surface area contributed by atoms with E-state index < -0.39 is 14.9 Å². The van der Waals surface area contributed by atoms with Gasteiger partial charge in [-0.2, -0.15) is 4.31 Å². The fourth-order valence-corrected chi connectivity index (χ4v) is 6.10. The van der Waals surface area contributed by atoms with Gasteiger partial charge in [0.15, 0.2) is 5.13 Å². The second-order valence-electron chi connectivity index (χ2n) is 6.79. The number of non-ortho nitro benzene ring substituents is 1. The van der Waals surface area contributed by atoms with Crippen LogP contribution >= 0.6 is 34.5 Å². The molecule has 1 fully saturated rings. The van der Waals surface area contributed by atoms with Gasteiger partial charge in [-0.05, 0) is 24.3 Å². The number of nitro benzene ring substituents is 1. The summed E-state index contributed by atoms with van der Waals surface area (Å²) in [5, 5.41) is 14.7. The van der Waals surface area contributed by atoms with Gasteiger partial charge in [0.25, 0.3) is 5.69 Å². The van der Waals surface area contributed by atoms with Crippen LogP contribution < -0.4 is 4.90 Å². The van der Waals surface area contributed by atoms with Crippen molar-refractivity contribution in [3.63, 3.8) is 0 Å². The topological polar surface area (TPSA) is 96.6 Å². The number of sulfonamides is 1. The molecule has 0 spiro atoms. The monoisotopic (exact) mass is 498 g/mol. The number of rotatable bonds is 5. The Hall–Kier alpha value is -2.24. The standard InChI is InChI=1S/C19H16Cl2N4O4S2/c20-13-4-5-16(17(21)10-13)18-12-30-19(22-18)23-6-8-24(9-7-23)31(28,29)15-3-1-2-14(11-15)25(26)27/h1-5,10-12H,6-9H2. The molecule has 0 saturated carbocycles. The van der Waals surface area contributed by atoms with E-state index in [2.05, 4.69) is 4.98 Å². The Kier molecular flexibility index (Phi) is 6.18. The molecule has 1 saturated heterocycles. The van der Waals surface area contributed by atoms with Crippen LogP contribution in [-0.4, -0.2) is 48.8 Å². The van der Waals surface area contributed by atoms with Crippen LogP contribution in [0.2, 0.25) is 10.0 Å². The number of aromatic nitrogens is 1. The highest BCUT2D eigenvalue weighted by Crippen LogP contribution is 2.34. The molecule has 0 N–H and O–H groups in total. The summed E-state index contributed by atoms with van der Waals surface area (Å²) in [7, 11) is -3.82. The Labute approximate surface area is 192 Å². The van der Waals surface area contributed by atoms with Crippen LogP contribution in [0.25, 0.3) is 11.3 Å². The first kappa shape index (κ1) is 22.0. The van der Waals surface area contributed by atoms with Gasteiger partial charge in [-0.25, -0.2) is 13.4 Å². The third-order valence-electron chi connectivity index (χ3n) is 4.87. The summed E-state index contributed by atoms with van der Waals surface area (Å²) in [6, 6.07) is 10.3. The SMILES string of the molecule is O=[N+]([O-])c1cccc(S(=O)(=O)N2CCN(c3nc(-c4ccc(Cl)cc4Cl)cs3)CC2)c1. The summed E-state index contributed by atoms with van der Waals surface area (Å²) in [6.07, 6.45) is 0. The van der Waals surface area contributed by atoms with E-state index in [0.717, 1.165) is 22.5 Å². The Morgan fingerprint density at radius 3 is 2.48 bits per heavy atom. The normalized spacial score (nSPS) is 15.2. The number of hydrogen-bond donors (Lipinski definition) is 0. The third-order valence-corrected chi connectivity index (χ3v) is 8.22. The largest absolute Gasteiger partial charge is 0.345 e. The van der Waals surface area contributed by atoms with Crippen LogP contribution in [0.5, 0.6) is 0 Å². The third kappa shape index (κ3) is 4.53. The zero-order valence-electron chi connectivity index (χ0n) is 15.9. The first-order valence-electron chi connectivity index (χ1n) is 9.16. The van der Waals surface area contributed by atoms with Crippen molar-refractivity contribution in [3.8, 4) is 11.3 Å². The summed E-state index contributed by atoms with van der Waals surface area (Å²) in [5.74, 6) is 0. The van der Waals surface area contributed by atoms with E-state index in [0.29, 0.717) is 23.1 Å². The highest BCUT2D eigenvalue weighted by atomic mass is 35.5. The van der Waals surface area contributed by atoms with Gasteiger partial charge in [0.2, 0.25) is 10.0 Å². The van der Waals surface area contributed by atoms with Crippen molar-refractivity contribution in [1.29, 1.82) is 0 Å². The van der Waals surface area contributed by atoms with Crippen molar-refractivity contribution < 1.29 is 13.3 Å². The Balaban J connectivity index is 1.47. The molecule has 0 radical (unpaired) electrons. The van der Waals surface area contributed by atoms with Crippen LogP contribution in [0.3, 0.4) is 0 Å².